The maximum Gasteiger partial charge on any atom is 0.251 e. The summed E-state index contributed by atoms with van der Waals surface area (Å²) in [7, 11) is -3.59. The number of rotatable bonds is 6. The van der Waals surface area contributed by atoms with Gasteiger partial charge >= 0.3 is 0 Å². The summed E-state index contributed by atoms with van der Waals surface area (Å²) in [5, 5.41) is 2.84. The number of sulfonamides is 1. The number of pyridine rings is 1. The first-order chi connectivity index (χ1) is 14.6. The fourth-order valence-electron chi connectivity index (χ4n) is 3.21. The average Bonchev–Trinajstić information content (AvgIpc) is 3.33. The molecule has 0 radical (unpaired) electrons. The number of carbonyl (C=O) groups is 1. The van der Waals surface area contributed by atoms with Crippen LogP contribution < -0.4 is 5.32 Å². The Morgan fingerprint density at radius 3 is 2.53 bits per heavy atom. The Bertz CT molecular complexity index is 1110. The van der Waals surface area contributed by atoms with Crippen LogP contribution in [0.3, 0.4) is 0 Å². The predicted molar refractivity (Wildman–Crippen MR) is 109 cm³/mol. The van der Waals surface area contributed by atoms with Crippen molar-refractivity contribution < 1.29 is 22.4 Å². The molecule has 9 heteroatoms. The molecule has 1 aliphatic heterocycles. The van der Waals surface area contributed by atoms with E-state index in [0.29, 0.717) is 43.3 Å². The van der Waals surface area contributed by atoms with Crippen LogP contribution in [0.1, 0.15) is 15.9 Å². The highest BCUT2D eigenvalue weighted by molar-refractivity contribution is 7.89. The van der Waals surface area contributed by atoms with Crippen molar-refractivity contribution in [1.82, 2.24) is 14.6 Å². The fourth-order valence-corrected chi connectivity index (χ4v) is 4.62. The van der Waals surface area contributed by atoms with Crippen molar-refractivity contribution in [1.29, 1.82) is 0 Å². The molecule has 3 heterocycles. The molecule has 1 fully saturated rings. The molecule has 1 aromatic carbocycles. The lowest BCUT2D eigenvalue weighted by Crippen LogP contribution is -2.40. The van der Waals surface area contributed by atoms with Crippen LogP contribution in [0.5, 0.6) is 0 Å². The number of benzene rings is 1. The van der Waals surface area contributed by atoms with E-state index in [-0.39, 0.29) is 17.3 Å². The van der Waals surface area contributed by atoms with Crippen LogP contribution in [0.25, 0.3) is 11.5 Å². The Balaban J connectivity index is 1.44. The number of carbonyl (C=O) groups excluding carboxylic acids is 1. The van der Waals surface area contributed by atoms with Gasteiger partial charge in [-0.3, -0.25) is 9.78 Å². The Hall–Kier alpha value is -3.01. The van der Waals surface area contributed by atoms with Gasteiger partial charge in [-0.2, -0.15) is 4.31 Å². The van der Waals surface area contributed by atoms with Gasteiger partial charge in [0.15, 0.2) is 5.76 Å². The molecule has 0 unspecified atom stereocenters. The minimum absolute atomic E-state index is 0.160. The number of ether oxygens (including phenoxy) is 1. The minimum Gasteiger partial charge on any atom is -0.463 e. The summed E-state index contributed by atoms with van der Waals surface area (Å²) in [6.07, 6.45) is 3.23. The highest BCUT2D eigenvalue weighted by Crippen LogP contribution is 2.22. The van der Waals surface area contributed by atoms with Crippen molar-refractivity contribution >= 4 is 15.9 Å². The number of nitrogens with one attached hydrogen (secondary N) is 1. The summed E-state index contributed by atoms with van der Waals surface area (Å²) in [5.74, 6) is 0.317. The zero-order valence-corrected chi connectivity index (χ0v) is 17.0. The Kier molecular flexibility index (Phi) is 5.93. The monoisotopic (exact) mass is 427 g/mol. The molecule has 30 heavy (non-hydrogen) atoms. The lowest BCUT2D eigenvalue weighted by Gasteiger charge is -2.26. The van der Waals surface area contributed by atoms with Crippen molar-refractivity contribution in [2.75, 3.05) is 26.3 Å². The molecule has 0 saturated carbocycles. The van der Waals surface area contributed by atoms with Gasteiger partial charge in [-0.1, -0.05) is 6.07 Å². The number of furan rings is 1. The van der Waals surface area contributed by atoms with E-state index in [1.807, 2.05) is 6.07 Å². The van der Waals surface area contributed by atoms with Gasteiger partial charge in [0.1, 0.15) is 5.69 Å². The summed E-state index contributed by atoms with van der Waals surface area (Å²) in [4.78, 5) is 17.0. The molecule has 3 aromatic rings. The third kappa shape index (κ3) is 4.28. The van der Waals surface area contributed by atoms with Gasteiger partial charge in [0.25, 0.3) is 5.91 Å². The van der Waals surface area contributed by atoms with Crippen molar-refractivity contribution in [2.45, 2.75) is 11.4 Å². The minimum atomic E-state index is -3.59. The second kappa shape index (κ2) is 8.78. The molecule has 1 aliphatic rings. The van der Waals surface area contributed by atoms with Gasteiger partial charge in [0.2, 0.25) is 10.0 Å². The van der Waals surface area contributed by atoms with E-state index < -0.39 is 10.0 Å². The highest BCUT2D eigenvalue weighted by atomic mass is 32.2. The topological polar surface area (TPSA) is 102 Å². The maximum atomic E-state index is 12.7. The first-order valence-corrected chi connectivity index (χ1v) is 10.9. The fraction of sp³-hybridized carbons (Fsp3) is 0.238. The molecule has 156 valence electrons. The SMILES string of the molecule is O=C(NCc1cccnc1-c1ccco1)c1ccc(S(=O)(=O)N2CCOCC2)cc1. The van der Waals surface area contributed by atoms with Crippen LogP contribution in [0, 0.1) is 0 Å². The van der Waals surface area contributed by atoms with Crippen molar-refractivity contribution in [2.24, 2.45) is 0 Å². The van der Waals surface area contributed by atoms with Crippen molar-refractivity contribution in [3.63, 3.8) is 0 Å². The largest absolute Gasteiger partial charge is 0.463 e. The Labute approximate surface area is 174 Å². The third-order valence-corrected chi connectivity index (χ3v) is 6.72. The molecule has 1 saturated heterocycles. The van der Waals surface area contributed by atoms with Crippen LogP contribution in [0.4, 0.5) is 0 Å². The summed E-state index contributed by atoms with van der Waals surface area (Å²) in [6.45, 7) is 1.68. The molecule has 2 aromatic heterocycles. The third-order valence-electron chi connectivity index (χ3n) is 4.81. The molecule has 1 N–H and O–H groups in total. The molecule has 0 atom stereocenters. The first-order valence-electron chi connectivity index (χ1n) is 9.49. The second-order valence-corrected chi connectivity index (χ2v) is 8.65. The normalized spacial score (nSPS) is 15.1. The Morgan fingerprint density at radius 2 is 1.83 bits per heavy atom. The van der Waals surface area contributed by atoms with Crippen molar-refractivity contribution in [3.8, 4) is 11.5 Å². The van der Waals surface area contributed by atoms with Gasteiger partial charge in [-0.05, 0) is 42.5 Å². The molecule has 0 aliphatic carbocycles. The highest BCUT2D eigenvalue weighted by Gasteiger charge is 2.26. The standard InChI is InChI=1S/C21H21N3O5S/c25-21(23-15-17-3-1-9-22-20(17)19-4-2-12-29-19)16-5-7-18(8-6-16)30(26,27)24-10-13-28-14-11-24/h1-9,12H,10-11,13-15H2,(H,23,25). The molecule has 8 nitrogen and oxygen atoms in total. The number of aromatic nitrogens is 1. The Morgan fingerprint density at radius 1 is 1.07 bits per heavy atom. The number of hydrogen-bond acceptors (Lipinski definition) is 6. The quantitative estimate of drug-likeness (QED) is 0.648. The molecule has 0 spiro atoms. The zero-order chi connectivity index (χ0) is 21.0. The average molecular weight is 427 g/mol. The smallest absolute Gasteiger partial charge is 0.251 e. The summed E-state index contributed by atoms with van der Waals surface area (Å²) in [6, 6.07) is 13.2. The van der Waals surface area contributed by atoms with E-state index in [9.17, 15) is 13.2 Å². The maximum absolute atomic E-state index is 12.7. The predicted octanol–water partition coefficient (Wildman–Crippen LogP) is 2.29. The van der Waals surface area contributed by atoms with E-state index in [0.717, 1.165) is 5.56 Å². The van der Waals surface area contributed by atoms with Gasteiger partial charge in [0, 0.05) is 37.0 Å². The lowest BCUT2D eigenvalue weighted by atomic mass is 10.1. The van der Waals surface area contributed by atoms with Crippen LogP contribution >= 0.6 is 0 Å². The van der Waals surface area contributed by atoms with E-state index in [1.54, 1.807) is 30.7 Å². The molecule has 0 bridgehead atoms. The molecule has 4 rings (SSSR count). The first kappa shape index (κ1) is 20.3. The van der Waals surface area contributed by atoms with Crippen molar-refractivity contribution in [3.05, 3.63) is 72.1 Å². The zero-order valence-electron chi connectivity index (χ0n) is 16.2. The number of morpholine rings is 1. The molecular formula is C21H21N3O5S. The van der Waals surface area contributed by atoms with Gasteiger partial charge in [-0.25, -0.2) is 8.42 Å². The van der Waals surface area contributed by atoms with E-state index in [4.69, 9.17) is 9.15 Å². The molecule has 1 amide bonds. The van der Waals surface area contributed by atoms with Crippen LogP contribution in [-0.2, 0) is 21.3 Å². The second-order valence-electron chi connectivity index (χ2n) is 6.71. The van der Waals surface area contributed by atoms with Gasteiger partial charge in [0.05, 0.1) is 24.4 Å². The summed E-state index contributed by atoms with van der Waals surface area (Å²) < 4.78 is 37.4. The van der Waals surface area contributed by atoms with Gasteiger partial charge < -0.3 is 14.5 Å². The van der Waals surface area contributed by atoms with E-state index in [1.165, 1.54) is 28.6 Å². The van der Waals surface area contributed by atoms with Crippen LogP contribution in [0.15, 0.2) is 70.3 Å². The van der Waals surface area contributed by atoms with Crippen LogP contribution in [0.2, 0.25) is 0 Å². The van der Waals surface area contributed by atoms with E-state index >= 15 is 0 Å². The summed E-state index contributed by atoms with van der Waals surface area (Å²) >= 11 is 0. The molecular weight excluding hydrogens is 406 g/mol. The lowest BCUT2D eigenvalue weighted by molar-refractivity contribution is 0.0730. The number of hydrogen-bond donors (Lipinski definition) is 1. The summed E-state index contributed by atoms with van der Waals surface area (Å²) in [5.41, 5.74) is 1.85. The number of nitrogens with zero attached hydrogens (tertiary/aromatic N) is 2. The van der Waals surface area contributed by atoms with E-state index in [2.05, 4.69) is 10.3 Å². The van der Waals surface area contributed by atoms with Crippen LogP contribution in [-0.4, -0.2) is 49.9 Å². The van der Waals surface area contributed by atoms with Gasteiger partial charge in [-0.15, -0.1) is 0 Å². The number of amides is 1.